The number of hydrogen-bond donors (Lipinski definition) is 1. The molecule has 3 nitrogen and oxygen atoms in total. The van der Waals surface area contributed by atoms with Gasteiger partial charge in [0.2, 0.25) is 0 Å². The van der Waals surface area contributed by atoms with Gasteiger partial charge in [0, 0.05) is 12.6 Å². The summed E-state index contributed by atoms with van der Waals surface area (Å²) >= 11 is 0. The van der Waals surface area contributed by atoms with Gasteiger partial charge < -0.3 is 10.0 Å². The molecule has 0 heterocycles. The zero-order chi connectivity index (χ0) is 12.1. The molecule has 1 aromatic rings. The average Bonchev–Trinajstić information content (AvgIpc) is 2.38. The predicted molar refractivity (Wildman–Crippen MR) is 66.9 cm³/mol. The lowest BCUT2D eigenvalue weighted by Crippen LogP contribution is -2.40. The van der Waals surface area contributed by atoms with Crippen LogP contribution in [0.5, 0.6) is 0 Å². The van der Waals surface area contributed by atoms with Crippen molar-refractivity contribution < 1.29 is 9.90 Å². The Bertz CT molecular complexity index is 358. The fourth-order valence-corrected chi connectivity index (χ4v) is 2.53. The lowest BCUT2D eigenvalue weighted by Gasteiger charge is -2.32. The van der Waals surface area contributed by atoms with Crippen LogP contribution in [-0.4, -0.2) is 22.1 Å². The second kappa shape index (κ2) is 5.71. The Morgan fingerprint density at radius 2 is 1.82 bits per heavy atom. The summed E-state index contributed by atoms with van der Waals surface area (Å²) in [6.07, 6.45) is 4.79. The molecular weight excluding hydrogens is 214 g/mol. The van der Waals surface area contributed by atoms with Crippen LogP contribution in [0.15, 0.2) is 30.3 Å². The zero-order valence-corrected chi connectivity index (χ0v) is 10.0. The molecule has 0 radical (unpaired) electrons. The highest BCUT2D eigenvalue weighted by atomic mass is 16.4. The molecule has 0 saturated heterocycles. The molecule has 17 heavy (non-hydrogen) atoms. The van der Waals surface area contributed by atoms with Gasteiger partial charge in [0.15, 0.2) is 0 Å². The van der Waals surface area contributed by atoms with E-state index in [0.717, 1.165) is 31.2 Å². The summed E-state index contributed by atoms with van der Waals surface area (Å²) in [5, 5.41) is 9.31. The third kappa shape index (κ3) is 3.22. The van der Waals surface area contributed by atoms with Crippen molar-refractivity contribution in [2.75, 3.05) is 0 Å². The lowest BCUT2D eigenvalue weighted by atomic mass is 9.94. The van der Waals surface area contributed by atoms with E-state index in [2.05, 4.69) is 0 Å². The summed E-state index contributed by atoms with van der Waals surface area (Å²) in [6, 6.07) is 10.0. The molecule has 1 aliphatic carbocycles. The van der Waals surface area contributed by atoms with E-state index in [4.69, 9.17) is 0 Å². The lowest BCUT2D eigenvalue weighted by molar-refractivity contribution is 0.107. The van der Waals surface area contributed by atoms with Crippen molar-refractivity contribution in [1.82, 2.24) is 4.90 Å². The number of nitrogens with zero attached hydrogens (tertiary/aromatic N) is 1. The summed E-state index contributed by atoms with van der Waals surface area (Å²) in [5.41, 5.74) is 1.07. The van der Waals surface area contributed by atoms with Crippen LogP contribution in [-0.2, 0) is 6.54 Å². The Kier molecular flexibility index (Phi) is 4.02. The van der Waals surface area contributed by atoms with E-state index in [0.29, 0.717) is 6.54 Å². The van der Waals surface area contributed by atoms with Gasteiger partial charge in [0.25, 0.3) is 0 Å². The van der Waals surface area contributed by atoms with Crippen molar-refractivity contribution in [3.63, 3.8) is 0 Å². The van der Waals surface area contributed by atoms with E-state index in [1.807, 2.05) is 30.3 Å². The fraction of sp³-hybridized carbons (Fsp3) is 0.500. The molecule has 1 N–H and O–H groups in total. The van der Waals surface area contributed by atoms with E-state index in [1.54, 1.807) is 4.90 Å². The van der Waals surface area contributed by atoms with Crippen LogP contribution in [0, 0.1) is 0 Å². The van der Waals surface area contributed by atoms with Crippen LogP contribution < -0.4 is 0 Å². The molecule has 1 saturated carbocycles. The Morgan fingerprint density at radius 3 is 2.41 bits per heavy atom. The highest BCUT2D eigenvalue weighted by Gasteiger charge is 2.24. The molecule has 0 unspecified atom stereocenters. The van der Waals surface area contributed by atoms with Gasteiger partial charge in [-0.3, -0.25) is 0 Å². The summed E-state index contributed by atoms with van der Waals surface area (Å²) in [5.74, 6) is 0. The molecule has 1 aliphatic rings. The van der Waals surface area contributed by atoms with E-state index in [1.165, 1.54) is 6.42 Å². The Hall–Kier alpha value is -1.51. The SMILES string of the molecule is O=C(O)N(Cc1ccccc1)C1CCCCC1. The molecule has 3 heteroatoms. The van der Waals surface area contributed by atoms with Crippen molar-refractivity contribution in [1.29, 1.82) is 0 Å². The van der Waals surface area contributed by atoms with Crippen LogP contribution in [0.2, 0.25) is 0 Å². The molecule has 0 bridgehead atoms. The first-order valence-electron chi connectivity index (χ1n) is 6.31. The quantitative estimate of drug-likeness (QED) is 0.868. The van der Waals surface area contributed by atoms with Crippen molar-refractivity contribution in [3.05, 3.63) is 35.9 Å². The van der Waals surface area contributed by atoms with Crippen molar-refractivity contribution >= 4 is 6.09 Å². The average molecular weight is 233 g/mol. The smallest absolute Gasteiger partial charge is 0.407 e. The van der Waals surface area contributed by atoms with Gasteiger partial charge >= 0.3 is 6.09 Å². The molecule has 1 aromatic carbocycles. The minimum absolute atomic E-state index is 0.210. The molecule has 1 fully saturated rings. The van der Waals surface area contributed by atoms with Crippen molar-refractivity contribution in [3.8, 4) is 0 Å². The van der Waals surface area contributed by atoms with Crippen LogP contribution >= 0.6 is 0 Å². The second-order valence-electron chi connectivity index (χ2n) is 4.69. The molecule has 0 aromatic heterocycles. The Balaban J connectivity index is 2.04. The van der Waals surface area contributed by atoms with E-state index in [-0.39, 0.29) is 6.04 Å². The standard InChI is InChI=1S/C14H19NO2/c16-14(17)15(13-9-5-2-6-10-13)11-12-7-3-1-4-8-12/h1,3-4,7-8,13H,2,5-6,9-11H2,(H,16,17). The number of hydrogen-bond acceptors (Lipinski definition) is 1. The largest absolute Gasteiger partial charge is 0.465 e. The normalized spacial score (nSPS) is 16.7. The topological polar surface area (TPSA) is 40.5 Å². The maximum atomic E-state index is 11.3. The fourth-order valence-electron chi connectivity index (χ4n) is 2.53. The van der Waals surface area contributed by atoms with Gasteiger partial charge in [-0.05, 0) is 18.4 Å². The first-order valence-corrected chi connectivity index (χ1v) is 6.31. The Morgan fingerprint density at radius 1 is 1.18 bits per heavy atom. The van der Waals surface area contributed by atoms with Gasteiger partial charge in [-0.1, -0.05) is 49.6 Å². The number of amides is 1. The summed E-state index contributed by atoms with van der Waals surface area (Å²) in [7, 11) is 0. The van der Waals surface area contributed by atoms with Crippen LogP contribution in [0.4, 0.5) is 4.79 Å². The number of carboxylic acid groups (broad SMARTS) is 1. The monoisotopic (exact) mass is 233 g/mol. The second-order valence-corrected chi connectivity index (χ2v) is 4.69. The first-order chi connectivity index (χ1) is 8.27. The molecule has 2 rings (SSSR count). The van der Waals surface area contributed by atoms with E-state index in [9.17, 15) is 9.90 Å². The minimum Gasteiger partial charge on any atom is -0.465 e. The van der Waals surface area contributed by atoms with Crippen molar-refractivity contribution in [2.45, 2.75) is 44.7 Å². The molecule has 0 atom stereocenters. The van der Waals surface area contributed by atoms with E-state index < -0.39 is 6.09 Å². The summed E-state index contributed by atoms with van der Waals surface area (Å²) < 4.78 is 0. The minimum atomic E-state index is -0.791. The number of benzene rings is 1. The third-order valence-corrected chi connectivity index (χ3v) is 3.46. The van der Waals surface area contributed by atoms with Crippen molar-refractivity contribution in [2.24, 2.45) is 0 Å². The molecule has 92 valence electrons. The number of rotatable bonds is 3. The zero-order valence-electron chi connectivity index (χ0n) is 10.0. The van der Waals surface area contributed by atoms with E-state index >= 15 is 0 Å². The van der Waals surface area contributed by atoms with Gasteiger partial charge in [0.1, 0.15) is 0 Å². The third-order valence-electron chi connectivity index (χ3n) is 3.46. The molecular formula is C14H19NO2. The summed E-state index contributed by atoms with van der Waals surface area (Å²) in [6.45, 7) is 0.515. The summed E-state index contributed by atoms with van der Waals surface area (Å²) in [4.78, 5) is 12.9. The molecule has 0 aliphatic heterocycles. The molecule has 0 spiro atoms. The van der Waals surface area contributed by atoms with Gasteiger partial charge in [0.05, 0.1) is 0 Å². The highest BCUT2D eigenvalue weighted by molar-refractivity contribution is 5.65. The highest BCUT2D eigenvalue weighted by Crippen LogP contribution is 2.24. The van der Waals surface area contributed by atoms with Crippen LogP contribution in [0.3, 0.4) is 0 Å². The Labute approximate surface area is 102 Å². The van der Waals surface area contributed by atoms with Crippen LogP contribution in [0.25, 0.3) is 0 Å². The first kappa shape index (κ1) is 12.0. The predicted octanol–water partition coefficient (Wildman–Crippen LogP) is 3.50. The van der Waals surface area contributed by atoms with Gasteiger partial charge in [-0.2, -0.15) is 0 Å². The number of carbonyl (C=O) groups is 1. The maximum absolute atomic E-state index is 11.3. The molecule has 1 amide bonds. The van der Waals surface area contributed by atoms with Gasteiger partial charge in [-0.25, -0.2) is 4.79 Å². The maximum Gasteiger partial charge on any atom is 0.407 e. The van der Waals surface area contributed by atoms with Gasteiger partial charge in [-0.15, -0.1) is 0 Å². The van der Waals surface area contributed by atoms with Crippen LogP contribution in [0.1, 0.15) is 37.7 Å².